The first-order chi connectivity index (χ1) is 8.84. The first-order valence-corrected chi connectivity index (χ1v) is 7.45. The van der Waals surface area contributed by atoms with Crippen LogP contribution in [0.4, 0.5) is 0 Å². The molecule has 0 spiro atoms. The second-order valence-corrected chi connectivity index (χ2v) is 5.99. The van der Waals surface area contributed by atoms with Gasteiger partial charge in [-0.15, -0.1) is 11.3 Å². The van der Waals surface area contributed by atoms with Gasteiger partial charge in [-0.05, 0) is 31.2 Å². The number of nitrogens with two attached hydrogens (primary N) is 1. The summed E-state index contributed by atoms with van der Waals surface area (Å²) < 4.78 is 0. The quantitative estimate of drug-likeness (QED) is 0.838. The number of fused-ring (bicyclic) bond motifs is 1. The average Bonchev–Trinajstić information content (AvgIpc) is 2.70. The highest BCUT2D eigenvalue weighted by atomic mass is 32.1. The molecule has 0 saturated carbocycles. The lowest BCUT2D eigenvalue weighted by Gasteiger charge is -2.08. The van der Waals surface area contributed by atoms with Crippen LogP contribution in [0.3, 0.4) is 0 Å². The Morgan fingerprint density at radius 3 is 2.67 bits per heavy atom. The van der Waals surface area contributed by atoms with E-state index in [2.05, 4.69) is 12.1 Å². The second-order valence-electron chi connectivity index (χ2n) is 4.87. The molecule has 18 heavy (non-hydrogen) atoms. The summed E-state index contributed by atoms with van der Waals surface area (Å²) in [5, 5.41) is 1.08. The molecule has 0 amide bonds. The number of hydrogen-bond donors (Lipinski definition) is 1. The van der Waals surface area contributed by atoms with Crippen molar-refractivity contribution in [3.05, 3.63) is 51.5 Å². The van der Waals surface area contributed by atoms with E-state index in [9.17, 15) is 0 Å². The molecule has 3 rings (SSSR count). The van der Waals surface area contributed by atoms with E-state index < -0.39 is 0 Å². The molecule has 0 radical (unpaired) electrons. The molecule has 0 aliphatic heterocycles. The van der Waals surface area contributed by atoms with E-state index in [0.29, 0.717) is 0 Å². The number of aryl methyl sites for hydroxylation is 2. The van der Waals surface area contributed by atoms with Crippen molar-refractivity contribution in [3.63, 3.8) is 0 Å². The lowest BCUT2D eigenvalue weighted by Crippen LogP contribution is -2.11. The molecule has 0 bridgehead atoms. The molecule has 3 heteroatoms. The highest BCUT2D eigenvalue weighted by Crippen LogP contribution is 2.30. The Hall–Kier alpha value is -1.19. The zero-order valence-corrected chi connectivity index (χ0v) is 11.2. The monoisotopic (exact) mass is 258 g/mol. The van der Waals surface area contributed by atoms with Crippen molar-refractivity contribution in [3.8, 4) is 0 Å². The van der Waals surface area contributed by atoms with Crippen LogP contribution in [0.2, 0.25) is 0 Å². The van der Waals surface area contributed by atoms with Crippen LogP contribution in [0.15, 0.2) is 30.3 Å². The predicted molar refractivity (Wildman–Crippen MR) is 75.8 cm³/mol. The zero-order chi connectivity index (χ0) is 12.4. The topological polar surface area (TPSA) is 38.9 Å². The van der Waals surface area contributed by atoms with E-state index in [1.165, 1.54) is 36.3 Å². The van der Waals surface area contributed by atoms with E-state index in [1.54, 1.807) is 0 Å². The molecule has 1 atom stereocenters. The van der Waals surface area contributed by atoms with Crippen LogP contribution >= 0.6 is 11.3 Å². The number of benzene rings is 1. The summed E-state index contributed by atoms with van der Waals surface area (Å²) in [6, 6.07) is 10.2. The number of hydrogen-bond acceptors (Lipinski definition) is 3. The lowest BCUT2D eigenvalue weighted by atomic mass is 10.1. The van der Waals surface area contributed by atoms with Crippen LogP contribution in [0, 0.1) is 0 Å². The van der Waals surface area contributed by atoms with E-state index >= 15 is 0 Å². The molecule has 1 aromatic heterocycles. The van der Waals surface area contributed by atoms with Crippen LogP contribution in [0.25, 0.3) is 0 Å². The van der Waals surface area contributed by atoms with Crippen LogP contribution in [0.5, 0.6) is 0 Å². The lowest BCUT2D eigenvalue weighted by molar-refractivity contribution is 0.706. The maximum atomic E-state index is 6.32. The van der Waals surface area contributed by atoms with Gasteiger partial charge in [0.2, 0.25) is 0 Å². The van der Waals surface area contributed by atoms with Crippen molar-refractivity contribution in [2.45, 2.75) is 38.1 Å². The van der Waals surface area contributed by atoms with Gasteiger partial charge in [-0.25, -0.2) is 4.98 Å². The predicted octanol–water partition coefficient (Wildman–Crippen LogP) is 3.46. The van der Waals surface area contributed by atoms with Gasteiger partial charge in [0, 0.05) is 4.88 Å². The summed E-state index contributed by atoms with van der Waals surface area (Å²) in [4.78, 5) is 6.25. The zero-order valence-electron chi connectivity index (χ0n) is 10.4. The Balaban J connectivity index is 1.89. The molecular formula is C15H18N2S. The molecule has 0 saturated heterocycles. The van der Waals surface area contributed by atoms with E-state index in [1.807, 2.05) is 29.5 Å². The Morgan fingerprint density at radius 1 is 1.06 bits per heavy atom. The maximum Gasteiger partial charge on any atom is 0.114 e. The molecule has 2 aromatic rings. The van der Waals surface area contributed by atoms with Gasteiger partial charge in [-0.1, -0.05) is 36.8 Å². The molecule has 1 unspecified atom stereocenters. The Kier molecular flexibility index (Phi) is 3.43. The third-order valence-corrected chi connectivity index (χ3v) is 4.78. The Morgan fingerprint density at radius 2 is 1.83 bits per heavy atom. The summed E-state index contributed by atoms with van der Waals surface area (Å²) in [6.07, 6.45) is 6.23. The minimum atomic E-state index is -0.0665. The minimum absolute atomic E-state index is 0.0665. The molecule has 2 nitrogen and oxygen atoms in total. The smallest absolute Gasteiger partial charge is 0.114 e. The van der Waals surface area contributed by atoms with Gasteiger partial charge in [-0.2, -0.15) is 0 Å². The molecular weight excluding hydrogens is 240 g/mol. The first kappa shape index (κ1) is 11.9. The number of thiazole rings is 1. The van der Waals surface area contributed by atoms with Crippen molar-refractivity contribution in [1.82, 2.24) is 4.98 Å². The van der Waals surface area contributed by atoms with Gasteiger partial charge >= 0.3 is 0 Å². The summed E-state index contributed by atoms with van der Waals surface area (Å²) in [5.74, 6) is 0. The Labute approximate surface area is 112 Å². The van der Waals surface area contributed by atoms with Crippen molar-refractivity contribution >= 4 is 11.3 Å². The normalized spacial score (nSPS) is 16.9. The van der Waals surface area contributed by atoms with E-state index in [-0.39, 0.29) is 6.04 Å². The van der Waals surface area contributed by atoms with Gasteiger partial charge in [0.15, 0.2) is 0 Å². The van der Waals surface area contributed by atoms with Crippen molar-refractivity contribution < 1.29 is 0 Å². The van der Waals surface area contributed by atoms with Crippen LogP contribution in [-0.2, 0) is 12.8 Å². The SMILES string of the molecule is NC(c1ccccc1)c1nc2c(s1)CCCCC2. The highest BCUT2D eigenvalue weighted by molar-refractivity contribution is 7.11. The van der Waals surface area contributed by atoms with Gasteiger partial charge in [0.25, 0.3) is 0 Å². The van der Waals surface area contributed by atoms with E-state index in [0.717, 1.165) is 17.0 Å². The summed E-state index contributed by atoms with van der Waals surface area (Å²) in [6.45, 7) is 0. The first-order valence-electron chi connectivity index (χ1n) is 6.63. The van der Waals surface area contributed by atoms with Crippen LogP contribution < -0.4 is 5.73 Å². The van der Waals surface area contributed by atoms with E-state index in [4.69, 9.17) is 10.7 Å². The summed E-state index contributed by atoms with van der Waals surface area (Å²) >= 11 is 1.82. The third-order valence-electron chi connectivity index (χ3n) is 3.54. The molecule has 1 heterocycles. The number of aromatic nitrogens is 1. The van der Waals surface area contributed by atoms with Crippen molar-refractivity contribution in [2.24, 2.45) is 5.73 Å². The molecule has 1 aliphatic rings. The van der Waals surface area contributed by atoms with Crippen molar-refractivity contribution in [2.75, 3.05) is 0 Å². The minimum Gasteiger partial charge on any atom is -0.318 e. The van der Waals surface area contributed by atoms with Gasteiger partial charge in [-0.3, -0.25) is 0 Å². The standard InChI is InChI=1S/C15H18N2S/c16-14(11-7-3-1-4-8-11)15-17-12-9-5-2-6-10-13(12)18-15/h1,3-4,7-8,14H,2,5-6,9-10,16H2. The van der Waals surface area contributed by atoms with Gasteiger partial charge in [0.05, 0.1) is 11.7 Å². The summed E-state index contributed by atoms with van der Waals surface area (Å²) in [5.41, 5.74) is 8.77. The Bertz CT molecular complexity index is 495. The van der Waals surface area contributed by atoms with Gasteiger partial charge < -0.3 is 5.73 Å². The van der Waals surface area contributed by atoms with Crippen LogP contribution in [0.1, 0.15) is 46.4 Å². The second kappa shape index (κ2) is 5.21. The maximum absolute atomic E-state index is 6.32. The molecule has 1 aromatic carbocycles. The van der Waals surface area contributed by atoms with Gasteiger partial charge in [0.1, 0.15) is 5.01 Å². The fraction of sp³-hybridized carbons (Fsp3) is 0.400. The average molecular weight is 258 g/mol. The molecule has 1 aliphatic carbocycles. The third kappa shape index (κ3) is 2.33. The summed E-state index contributed by atoms with van der Waals surface area (Å²) in [7, 11) is 0. The number of rotatable bonds is 2. The fourth-order valence-corrected chi connectivity index (χ4v) is 3.67. The molecule has 2 N–H and O–H groups in total. The fourth-order valence-electron chi connectivity index (χ4n) is 2.48. The van der Waals surface area contributed by atoms with Crippen LogP contribution in [-0.4, -0.2) is 4.98 Å². The number of nitrogens with zero attached hydrogens (tertiary/aromatic N) is 1. The van der Waals surface area contributed by atoms with Crippen molar-refractivity contribution in [1.29, 1.82) is 0 Å². The highest BCUT2D eigenvalue weighted by Gasteiger charge is 2.18. The largest absolute Gasteiger partial charge is 0.318 e. The molecule has 0 fully saturated rings. The molecule has 94 valence electrons.